The first-order valence-corrected chi connectivity index (χ1v) is 8.46. The Bertz CT molecular complexity index is 623. The Balaban J connectivity index is 1.51. The van der Waals surface area contributed by atoms with Crippen molar-refractivity contribution < 1.29 is 4.42 Å². The van der Waals surface area contributed by atoms with Gasteiger partial charge in [0.1, 0.15) is 5.82 Å². The molecule has 3 heterocycles. The van der Waals surface area contributed by atoms with Crippen molar-refractivity contribution in [3.8, 4) is 0 Å². The highest BCUT2D eigenvalue weighted by molar-refractivity contribution is 5.19. The van der Waals surface area contributed by atoms with Crippen LogP contribution in [0.5, 0.6) is 0 Å². The molecular weight excluding hydrogens is 278 g/mol. The van der Waals surface area contributed by atoms with E-state index in [1.807, 2.05) is 6.92 Å². The Kier molecular flexibility index (Phi) is 3.70. The van der Waals surface area contributed by atoms with Crippen molar-refractivity contribution >= 4 is 0 Å². The molecule has 2 aliphatic rings. The number of nitrogens with one attached hydrogen (secondary N) is 1. The van der Waals surface area contributed by atoms with E-state index in [9.17, 15) is 0 Å². The van der Waals surface area contributed by atoms with Crippen LogP contribution in [-0.4, -0.2) is 31.6 Å². The molecule has 22 heavy (non-hydrogen) atoms. The number of aromatic amines is 1. The van der Waals surface area contributed by atoms with Crippen molar-refractivity contribution in [3.05, 3.63) is 29.0 Å². The van der Waals surface area contributed by atoms with Crippen molar-refractivity contribution in [2.45, 2.75) is 64.5 Å². The van der Waals surface area contributed by atoms with Gasteiger partial charge in [-0.15, -0.1) is 10.2 Å². The molecule has 1 aliphatic carbocycles. The monoisotopic (exact) mass is 301 g/mol. The minimum absolute atomic E-state index is 0.363. The first-order valence-electron chi connectivity index (χ1n) is 8.46. The average molecular weight is 301 g/mol. The van der Waals surface area contributed by atoms with Crippen LogP contribution in [0.25, 0.3) is 0 Å². The number of rotatable bonds is 4. The maximum absolute atomic E-state index is 5.67. The fourth-order valence-corrected chi connectivity index (χ4v) is 3.63. The molecule has 0 aromatic carbocycles. The van der Waals surface area contributed by atoms with E-state index >= 15 is 0 Å². The second-order valence-electron chi connectivity index (χ2n) is 6.33. The molecule has 2 aromatic heterocycles. The summed E-state index contributed by atoms with van der Waals surface area (Å²) < 4.78 is 5.67. The van der Waals surface area contributed by atoms with Crippen LogP contribution >= 0.6 is 0 Å². The van der Waals surface area contributed by atoms with Gasteiger partial charge in [0.05, 0.1) is 18.3 Å². The van der Waals surface area contributed by atoms with Crippen LogP contribution in [0.4, 0.5) is 0 Å². The molecule has 1 fully saturated rings. The first-order chi connectivity index (χ1) is 10.8. The Morgan fingerprint density at radius 3 is 2.86 bits per heavy atom. The number of hydrogen-bond acceptors (Lipinski definition) is 5. The van der Waals surface area contributed by atoms with Crippen molar-refractivity contribution in [2.75, 3.05) is 6.54 Å². The summed E-state index contributed by atoms with van der Waals surface area (Å²) in [5, 5.41) is 8.22. The fourth-order valence-electron chi connectivity index (χ4n) is 3.63. The van der Waals surface area contributed by atoms with E-state index in [2.05, 4.69) is 20.1 Å². The molecule has 6 heteroatoms. The number of aromatic nitrogens is 4. The summed E-state index contributed by atoms with van der Waals surface area (Å²) in [6, 6.07) is 0.363. The Hall–Kier alpha value is -1.69. The number of H-pyrrole nitrogens is 1. The lowest BCUT2D eigenvalue weighted by molar-refractivity contribution is 0.215. The first kappa shape index (κ1) is 13.9. The molecule has 0 bridgehead atoms. The molecule has 0 spiro atoms. The summed E-state index contributed by atoms with van der Waals surface area (Å²) in [5.41, 5.74) is 2.65. The molecule has 2 aromatic rings. The second kappa shape index (κ2) is 5.83. The highest BCUT2D eigenvalue weighted by Crippen LogP contribution is 2.33. The van der Waals surface area contributed by atoms with Gasteiger partial charge in [-0.25, -0.2) is 4.98 Å². The summed E-state index contributed by atoms with van der Waals surface area (Å²) in [6.45, 7) is 3.83. The molecule has 1 aliphatic heterocycles. The zero-order valence-electron chi connectivity index (χ0n) is 13.1. The van der Waals surface area contributed by atoms with Gasteiger partial charge < -0.3 is 9.40 Å². The SMILES string of the molecule is CCc1nnc(CN2CCC[C@H]2c2nc3c([nH]2)CCCC3)o1. The van der Waals surface area contributed by atoms with E-state index < -0.39 is 0 Å². The Labute approximate surface area is 130 Å². The normalized spacial score (nSPS) is 22.1. The lowest BCUT2D eigenvalue weighted by Crippen LogP contribution is -2.23. The fraction of sp³-hybridized carbons (Fsp3) is 0.688. The lowest BCUT2D eigenvalue weighted by Gasteiger charge is -2.20. The summed E-state index contributed by atoms with van der Waals surface area (Å²) in [4.78, 5) is 10.9. The van der Waals surface area contributed by atoms with Gasteiger partial charge in [0.2, 0.25) is 11.8 Å². The summed E-state index contributed by atoms with van der Waals surface area (Å²) in [5.74, 6) is 2.58. The molecule has 1 N–H and O–H groups in total. The van der Waals surface area contributed by atoms with Crippen LogP contribution in [0, 0.1) is 0 Å². The number of nitrogens with zero attached hydrogens (tertiary/aromatic N) is 4. The van der Waals surface area contributed by atoms with Crippen LogP contribution in [0.3, 0.4) is 0 Å². The maximum Gasteiger partial charge on any atom is 0.230 e. The summed E-state index contributed by atoms with van der Waals surface area (Å²) in [7, 11) is 0. The van der Waals surface area contributed by atoms with Crippen LogP contribution in [0.2, 0.25) is 0 Å². The summed E-state index contributed by atoms with van der Waals surface area (Å²) in [6.07, 6.45) is 7.98. The molecule has 0 unspecified atom stereocenters. The number of imidazole rings is 1. The van der Waals surface area contributed by atoms with Gasteiger partial charge in [-0.2, -0.15) is 0 Å². The van der Waals surface area contributed by atoms with Gasteiger partial charge in [0.15, 0.2) is 0 Å². The van der Waals surface area contributed by atoms with Gasteiger partial charge >= 0.3 is 0 Å². The highest BCUT2D eigenvalue weighted by Gasteiger charge is 2.30. The van der Waals surface area contributed by atoms with Crippen LogP contribution in [0.15, 0.2) is 4.42 Å². The zero-order chi connectivity index (χ0) is 14.9. The van der Waals surface area contributed by atoms with Crippen molar-refractivity contribution in [2.24, 2.45) is 0 Å². The van der Waals surface area contributed by atoms with E-state index in [-0.39, 0.29) is 0 Å². The number of aryl methyl sites for hydroxylation is 3. The molecule has 6 nitrogen and oxygen atoms in total. The third-order valence-corrected chi connectivity index (χ3v) is 4.80. The standard InChI is InChI=1S/C16H23N5O/c1-2-14-19-20-15(22-14)10-21-9-5-8-13(21)16-17-11-6-3-4-7-12(11)18-16/h13H,2-10H2,1H3,(H,17,18)/t13-/m0/s1. The van der Waals surface area contributed by atoms with E-state index in [1.165, 1.54) is 30.7 Å². The van der Waals surface area contributed by atoms with Gasteiger partial charge in [-0.05, 0) is 45.1 Å². The molecular formula is C16H23N5O. The van der Waals surface area contributed by atoms with Crippen molar-refractivity contribution in [1.82, 2.24) is 25.1 Å². The van der Waals surface area contributed by atoms with Crippen molar-refractivity contribution in [3.63, 3.8) is 0 Å². The van der Waals surface area contributed by atoms with E-state index in [4.69, 9.17) is 9.40 Å². The highest BCUT2D eigenvalue weighted by atomic mass is 16.4. The van der Waals surface area contributed by atoms with E-state index in [0.717, 1.165) is 56.4 Å². The Morgan fingerprint density at radius 2 is 2.05 bits per heavy atom. The average Bonchev–Trinajstić information content (AvgIpc) is 3.25. The van der Waals surface area contributed by atoms with Crippen molar-refractivity contribution in [1.29, 1.82) is 0 Å². The quantitative estimate of drug-likeness (QED) is 0.939. The number of fused-ring (bicyclic) bond motifs is 1. The van der Waals surface area contributed by atoms with Gasteiger partial charge in [0, 0.05) is 12.1 Å². The predicted molar refractivity (Wildman–Crippen MR) is 81.3 cm³/mol. The van der Waals surface area contributed by atoms with Gasteiger partial charge in [-0.3, -0.25) is 4.90 Å². The number of likely N-dealkylation sites (tertiary alicyclic amines) is 1. The second-order valence-corrected chi connectivity index (χ2v) is 6.33. The topological polar surface area (TPSA) is 70.8 Å². The third-order valence-electron chi connectivity index (χ3n) is 4.80. The molecule has 1 atom stereocenters. The maximum atomic E-state index is 5.67. The van der Waals surface area contributed by atoms with Gasteiger partial charge in [0.25, 0.3) is 0 Å². The lowest BCUT2D eigenvalue weighted by atomic mass is 10.0. The largest absolute Gasteiger partial charge is 0.424 e. The zero-order valence-corrected chi connectivity index (χ0v) is 13.1. The van der Waals surface area contributed by atoms with Crippen LogP contribution in [-0.2, 0) is 25.8 Å². The van der Waals surface area contributed by atoms with E-state index in [1.54, 1.807) is 0 Å². The molecule has 0 radical (unpaired) electrons. The minimum Gasteiger partial charge on any atom is -0.424 e. The summed E-state index contributed by atoms with van der Waals surface area (Å²) >= 11 is 0. The van der Waals surface area contributed by atoms with Gasteiger partial charge in [-0.1, -0.05) is 6.92 Å². The predicted octanol–water partition coefficient (Wildman–Crippen LogP) is 2.57. The minimum atomic E-state index is 0.363. The molecule has 1 saturated heterocycles. The molecule has 0 saturated carbocycles. The van der Waals surface area contributed by atoms with Crippen LogP contribution < -0.4 is 0 Å². The molecule has 4 rings (SSSR count). The third kappa shape index (κ3) is 2.56. The van der Waals surface area contributed by atoms with E-state index in [0.29, 0.717) is 6.04 Å². The molecule has 0 amide bonds. The molecule has 118 valence electrons. The number of hydrogen-bond donors (Lipinski definition) is 1. The smallest absolute Gasteiger partial charge is 0.230 e. The Morgan fingerprint density at radius 1 is 1.18 bits per heavy atom. The van der Waals surface area contributed by atoms with Crippen LogP contribution in [0.1, 0.15) is 67.6 Å².